The van der Waals surface area contributed by atoms with Gasteiger partial charge in [0.15, 0.2) is 0 Å². The quantitative estimate of drug-likeness (QED) is 0.559. The molecule has 170 valence electrons. The van der Waals surface area contributed by atoms with E-state index in [0.29, 0.717) is 11.8 Å². The normalized spacial score (nSPS) is 25.0. The van der Waals surface area contributed by atoms with Gasteiger partial charge >= 0.3 is 0 Å². The van der Waals surface area contributed by atoms with Gasteiger partial charge in [0.1, 0.15) is 0 Å². The minimum Gasteiger partial charge on any atom is -0.481 e. The molecule has 3 aliphatic rings. The van der Waals surface area contributed by atoms with Crippen molar-refractivity contribution in [1.29, 1.82) is 0 Å². The lowest BCUT2D eigenvalue weighted by Crippen LogP contribution is -2.44. The predicted molar refractivity (Wildman–Crippen MR) is 130 cm³/mol. The van der Waals surface area contributed by atoms with Crippen LogP contribution < -0.4 is 4.74 Å². The van der Waals surface area contributed by atoms with Crippen molar-refractivity contribution >= 4 is 11.6 Å². The molecule has 1 fully saturated rings. The van der Waals surface area contributed by atoms with Crippen LogP contribution in [0.3, 0.4) is 0 Å². The predicted octanol–water partition coefficient (Wildman–Crippen LogP) is 5.32. The number of halogens is 1. The summed E-state index contributed by atoms with van der Waals surface area (Å²) in [5.41, 5.74) is 6.64. The second-order valence-electron chi connectivity index (χ2n) is 9.82. The third-order valence-electron chi connectivity index (χ3n) is 8.20. The van der Waals surface area contributed by atoms with Crippen LogP contribution in [0.25, 0.3) is 0 Å². The lowest BCUT2D eigenvalue weighted by Gasteiger charge is -2.40. The van der Waals surface area contributed by atoms with Gasteiger partial charge in [-0.2, -0.15) is 0 Å². The van der Waals surface area contributed by atoms with Crippen molar-refractivity contribution in [2.24, 2.45) is 5.92 Å². The van der Waals surface area contributed by atoms with Crippen LogP contribution in [-0.4, -0.2) is 41.7 Å². The summed E-state index contributed by atoms with van der Waals surface area (Å²) in [5.74, 6) is 1.22. The van der Waals surface area contributed by atoms with E-state index in [0.717, 1.165) is 49.5 Å². The molecule has 0 amide bonds. The number of fused-ring (bicyclic) bond motifs is 8. The first kappa shape index (κ1) is 21.2. The zero-order valence-electron chi connectivity index (χ0n) is 18.9. The van der Waals surface area contributed by atoms with E-state index in [4.69, 9.17) is 16.3 Å². The Bertz CT molecular complexity index is 1190. The number of hydrogen-bond donors (Lipinski definition) is 1. The van der Waals surface area contributed by atoms with E-state index in [2.05, 4.69) is 46.3 Å². The fourth-order valence-electron chi connectivity index (χ4n) is 6.68. The van der Waals surface area contributed by atoms with Crippen LogP contribution in [0.15, 0.2) is 60.8 Å². The van der Waals surface area contributed by atoms with Gasteiger partial charge < -0.3 is 14.7 Å². The SMILES string of the molecule is COc1ncccc1[C@H](O)C1CCN(CC23C[C@H](c4ccccc42)c2ccc(Cl)cc23)CC1. The minimum absolute atomic E-state index is 0.0134. The average molecular weight is 461 g/mol. The zero-order valence-corrected chi connectivity index (χ0v) is 19.6. The van der Waals surface area contributed by atoms with Crippen molar-refractivity contribution in [2.45, 2.75) is 36.7 Å². The molecule has 4 nitrogen and oxygen atoms in total. The van der Waals surface area contributed by atoms with Crippen LogP contribution in [0.1, 0.15) is 59.1 Å². The van der Waals surface area contributed by atoms with Gasteiger partial charge in [0.05, 0.1) is 13.2 Å². The van der Waals surface area contributed by atoms with Crippen molar-refractivity contribution in [1.82, 2.24) is 9.88 Å². The average Bonchev–Trinajstić information content (AvgIpc) is 3.35. The molecule has 2 aliphatic carbocycles. The molecule has 2 aromatic carbocycles. The summed E-state index contributed by atoms with van der Waals surface area (Å²) in [7, 11) is 1.61. The van der Waals surface area contributed by atoms with Gasteiger partial charge in [-0.05, 0) is 84.8 Å². The zero-order chi connectivity index (χ0) is 22.6. The lowest BCUT2D eigenvalue weighted by molar-refractivity contribution is 0.0521. The summed E-state index contributed by atoms with van der Waals surface area (Å²) >= 11 is 6.47. The highest BCUT2D eigenvalue weighted by Gasteiger charge is 2.53. The highest BCUT2D eigenvalue weighted by molar-refractivity contribution is 6.30. The van der Waals surface area contributed by atoms with E-state index in [-0.39, 0.29) is 11.3 Å². The highest BCUT2D eigenvalue weighted by Crippen LogP contribution is 2.60. The first-order valence-electron chi connectivity index (χ1n) is 11.9. The minimum atomic E-state index is -0.545. The summed E-state index contributed by atoms with van der Waals surface area (Å²) < 4.78 is 5.38. The number of methoxy groups -OCH3 is 1. The molecule has 1 aromatic heterocycles. The second kappa shape index (κ2) is 8.12. The molecule has 3 aromatic rings. The van der Waals surface area contributed by atoms with Crippen LogP contribution in [0.4, 0.5) is 0 Å². The topological polar surface area (TPSA) is 45.6 Å². The van der Waals surface area contributed by atoms with Gasteiger partial charge in [0, 0.05) is 34.7 Å². The molecule has 0 saturated carbocycles. The Morgan fingerprint density at radius 3 is 2.70 bits per heavy atom. The van der Waals surface area contributed by atoms with Gasteiger partial charge in [-0.25, -0.2) is 4.98 Å². The standard InChI is InChI=1S/C28H29ClN2O2/c1-33-27-22(6-4-12-30-27)26(32)18-10-13-31(14-11-18)17-28-16-23(20-5-2-3-7-24(20)28)21-9-8-19(29)15-25(21)28/h2-9,12,15,18,23,26,32H,10-11,13-14,16-17H2,1H3/t23-,26-,28?/m1/s1. The Labute approximate surface area is 200 Å². The van der Waals surface area contributed by atoms with Crippen molar-refractivity contribution in [2.75, 3.05) is 26.7 Å². The Morgan fingerprint density at radius 2 is 1.88 bits per heavy atom. The summed E-state index contributed by atoms with van der Waals surface area (Å²) in [6.07, 6.45) is 4.22. The molecule has 3 atom stereocenters. The van der Waals surface area contributed by atoms with E-state index in [9.17, 15) is 5.11 Å². The maximum atomic E-state index is 11.1. The highest BCUT2D eigenvalue weighted by atomic mass is 35.5. The number of nitrogens with zero attached hydrogens (tertiary/aromatic N) is 2. The first-order valence-corrected chi connectivity index (χ1v) is 12.3. The number of rotatable bonds is 5. The first-order chi connectivity index (χ1) is 16.1. The van der Waals surface area contributed by atoms with E-state index >= 15 is 0 Å². The van der Waals surface area contributed by atoms with Crippen LogP contribution >= 0.6 is 11.6 Å². The number of aliphatic hydroxyl groups excluding tert-OH is 1. The number of piperidine rings is 1. The molecule has 1 N–H and O–H groups in total. The van der Waals surface area contributed by atoms with Crippen LogP contribution in [0, 0.1) is 5.92 Å². The summed E-state index contributed by atoms with van der Waals surface area (Å²) in [5, 5.41) is 11.9. The molecule has 1 unspecified atom stereocenters. The van der Waals surface area contributed by atoms with Crippen molar-refractivity contribution in [3.8, 4) is 5.88 Å². The second-order valence-corrected chi connectivity index (χ2v) is 10.3. The van der Waals surface area contributed by atoms with Crippen molar-refractivity contribution in [3.63, 3.8) is 0 Å². The molecule has 1 saturated heterocycles. The van der Waals surface area contributed by atoms with Crippen LogP contribution in [0.2, 0.25) is 5.02 Å². The largest absolute Gasteiger partial charge is 0.481 e. The molecule has 6 rings (SSSR count). The molecule has 0 radical (unpaired) electrons. The van der Waals surface area contributed by atoms with Gasteiger partial charge in [-0.1, -0.05) is 41.9 Å². The smallest absolute Gasteiger partial charge is 0.218 e. The Balaban J connectivity index is 1.23. The molecule has 1 aliphatic heterocycles. The summed E-state index contributed by atoms with van der Waals surface area (Å²) in [4.78, 5) is 6.86. The molecular weight excluding hydrogens is 432 g/mol. The third-order valence-corrected chi connectivity index (χ3v) is 8.43. The Morgan fingerprint density at radius 1 is 1.09 bits per heavy atom. The van der Waals surface area contributed by atoms with Crippen molar-refractivity contribution < 1.29 is 9.84 Å². The summed E-state index contributed by atoms with van der Waals surface area (Å²) in [6.45, 7) is 2.97. The molecule has 33 heavy (non-hydrogen) atoms. The number of hydrogen-bond acceptors (Lipinski definition) is 4. The fraction of sp³-hybridized carbons (Fsp3) is 0.393. The molecule has 5 heteroatoms. The van der Waals surface area contributed by atoms with Gasteiger partial charge in [-0.3, -0.25) is 0 Å². The van der Waals surface area contributed by atoms with Crippen LogP contribution in [-0.2, 0) is 5.41 Å². The number of pyridine rings is 1. The number of aromatic nitrogens is 1. The van der Waals surface area contributed by atoms with E-state index in [1.54, 1.807) is 13.3 Å². The fourth-order valence-corrected chi connectivity index (χ4v) is 6.85. The van der Waals surface area contributed by atoms with Gasteiger partial charge in [0.2, 0.25) is 5.88 Å². The number of ether oxygens (including phenoxy) is 1. The van der Waals surface area contributed by atoms with E-state index in [1.807, 2.05) is 18.2 Å². The number of likely N-dealkylation sites (tertiary alicyclic amines) is 1. The maximum Gasteiger partial charge on any atom is 0.218 e. The van der Waals surface area contributed by atoms with Gasteiger partial charge in [0.25, 0.3) is 0 Å². The van der Waals surface area contributed by atoms with Gasteiger partial charge in [-0.15, -0.1) is 0 Å². The number of aliphatic hydroxyl groups is 1. The van der Waals surface area contributed by atoms with E-state index < -0.39 is 6.10 Å². The molecule has 0 spiro atoms. The maximum absolute atomic E-state index is 11.1. The molecule has 2 heterocycles. The molecule has 2 bridgehead atoms. The summed E-state index contributed by atoms with van der Waals surface area (Å²) in [6, 6.07) is 19.3. The number of benzene rings is 2. The monoisotopic (exact) mass is 460 g/mol. The van der Waals surface area contributed by atoms with Crippen molar-refractivity contribution in [3.05, 3.63) is 93.6 Å². The van der Waals surface area contributed by atoms with E-state index in [1.165, 1.54) is 22.3 Å². The third kappa shape index (κ3) is 3.30. The lowest BCUT2D eigenvalue weighted by atomic mass is 9.74. The molecular formula is C28H29ClN2O2. The Hall–Kier alpha value is -2.40. The Kier molecular flexibility index (Phi) is 5.21. The van der Waals surface area contributed by atoms with Crippen LogP contribution in [0.5, 0.6) is 5.88 Å².